The predicted molar refractivity (Wildman–Crippen MR) is 127 cm³/mol. The van der Waals surface area contributed by atoms with Gasteiger partial charge < -0.3 is 25.3 Å². The first-order chi connectivity index (χ1) is 16.1. The Morgan fingerprint density at radius 1 is 1.18 bits per heavy atom. The van der Waals surface area contributed by atoms with Crippen molar-refractivity contribution in [2.75, 3.05) is 31.6 Å². The number of benzene rings is 1. The van der Waals surface area contributed by atoms with E-state index in [9.17, 15) is 4.39 Å². The summed E-state index contributed by atoms with van der Waals surface area (Å²) in [6, 6.07) is 4.33. The molecule has 10 heteroatoms. The number of rotatable bonds is 5. The molecule has 4 heterocycles. The molecule has 1 aromatic carbocycles. The first-order valence-electron chi connectivity index (χ1n) is 10.9. The number of β-amino-alcohol motifs (C(OH)–C–C–N with tert-alkyl or cyclic N) is 1. The van der Waals surface area contributed by atoms with Crippen LogP contribution in [-0.4, -0.2) is 66.2 Å². The van der Waals surface area contributed by atoms with Crippen LogP contribution in [0.2, 0.25) is 0 Å². The van der Waals surface area contributed by atoms with E-state index in [2.05, 4.69) is 53.0 Å². The van der Waals surface area contributed by atoms with Gasteiger partial charge in [0.1, 0.15) is 23.5 Å². The molecule has 3 aromatic heterocycles. The van der Waals surface area contributed by atoms with Crippen molar-refractivity contribution in [1.29, 1.82) is 0 Å². The number of aromatic nitrogens is 6. The van der Waals surface area contributed by atoms with Crippen LogP contribution in [-0.2, 0) is 0 Å². The number of halogens is 1. The number of nitrogens with zero attached hydrogens (tertiary/aromatic N) is 5. The fraction of sp³-hybridized carbons (Fsp3) is 0.391. The molecule has 9 nitrogen and oxygen atoms in total. The summed E-state index contributed by atoms with van der Waals surface area (Å²) in [5.74, 6) is 1.05. The number of aromatic amines is 2. The number of imidazole rings is 2. The van der Waals surface area contributed by atoms with Crippen molar-refractivity contribution in [2.24, 2.45) is 0 Å². The summed E-state index contributed by atoms with van der Waals surface area (Å²) in [6.07, 6.45) is 15.0. The lowest BCUT2D eigenvalue weighted by molar-refractivity contribution is 0.173. The maximum absolute atomic E-state index is 13.2. The number of H-pyrrole nitrogens is 2. The number of fused-ring (bicyclic) bond motifs is 2. The Morgan fingerprint density at radius 3 is 2.73 bits per heavy atom. The highest BCUT2D eigenvalue weighted by molar-refractivity contribution is 5.82. The van der Waals surface area contributed by atoms with Crippen LogP contribution < -0.4 is 5.32 Å². The molecule has 174 valence electrons. The van der Waals surface area contributed by atoms with Crippen molar-refractivity contribution in [3.63, 3.8) is 0 Å². The van der Waals surface area contributed by atoms with Gasteiger partial charge in [0, 0.05) is 6.54 Å². The zero-order valence-corrected chi connectivity index (χ0v) is 18.6. The third-order valence-electron chi connectivity index (χ3n) is 5.31. The normalized spacial score (nSPS) is 14.7. The Bertz CT molecular complexity index is 1160. The van der Waals surface area contributed by atoms with E-state index >= 15 is 0 Å². The van der Waals surface area contributed by atoms with Gasteiger partial charge >= 0.3 is 0 Å². The second-order valence-corrected chi connectivity index (χ2v) is 7.60. The molecule has 0 spiro atoms. The van der Waals surface area contributed by atoms with E-state index in [-0.39, 0.29) is 11.9 Å². The van der Waals surface area contributed by atoms with E-state index in [1.807, 2.05) is 6.92 Å². The van der Waals surface area contributed by atoms with Crippen LogP contribution in [0.15, 0.2) is 30.9 Å². The Hall–Kier alpha value is -3.55. The average Bonchev–Trinajstić information content (AvgIpc) is 3.49. The molecule has 1 atom stereocenters. The lowest BCUT2D eigenvalue weighted by Crippen LogP contribution is -2.31. The van der Waals surface area contributed by atoms with Crippen molar-refractivity contribution in [3.05, 3.63) is 42.5 Å². The molecular weight excluding hydrogens is 423 g/mol. The van der Waals surface area contributed by atoms with Gasteiger partial charge in [0.2, 0.25) is 0 Å². The minimum atomic E-state index is -0.293. The van der Waals surface area contributed by atoms with Crippen LogP contribution in [0.5, 0.6) is 0 Å². The first-order valence-corrected chi connectivity index (χ1v) is 10.9. The van der Waals surface area contributed by atoms with Gasteiger partial charge in [-0.1, -0.05) is 6.42 Å². The van der Waals surface area contributed by atoms with Gasteiger partial charge in [0.15, 0.2) is 11.5 Å². The molecular formula is C23H29FN8O. The van der Waals surface area contributed by atoms with E-state index in [0.29, 0.717) is 29.4 Å². The number of anilines is 1. The molecule has 1 fully saturated rings. The quantitative estimate of drug-likeness (QED) is 0.343. The van der Waals surface area contributed by atoms with Crippen LogP contribution >= 0.6 is 0 Å². The minimum absolute atomic E-state index is 0.142. The fourth-order valence-corrected chi connectivity index (χ4v) is 3.68. The molecule has 1 aliphatic heterocycles. The molecule has 1 aliphatic rings. The summed E-state index contributed by atoms with van der Waals surface area (Å²) >= 11 is 0. The predicted octanol–water partition coefficient (Wildman–Crippen LogP) is 3.26. The van der Waals surface area contributed by atoms with Gasteiger partial charge in [-0.05, 0) is 51.1 Å². The number of piperidine rings is 1. The smallest absolute Gasteiger partial charge is 0.182 e. The molecule has 0 bridgehead atoms. The summed E-state index contributed by atoms with van der Waals surface area (Å²) in [4.78, 5) is 25.3. The number of terminal acetylenes is 1. The highest BCUT2D eigenvalue weighted by atomic mass is 19.1. The molecule has 0 saturated carbocycles. The largest absolute Gasteiger partial charge is 0.395 e. The Balaban J connectivity index is 0.000000234. The Morgan fingerprint density at radius 2 is 1.97 bits per heavy atom. The van der Waals surface area contributed by atoms with Gasteiger partial charge in [-0.2, -0.15) is 0 Å². The van der Waals surface area contributed by atoms with E-state index in [0.717, 1.165) is 17.6 Å². The number of aliphatic hydroxyl groups is 1. The van der Waals surface area contributed by atoms with Crippen molar-refractivity contribution >= 4 is 28.0 Å². The number of hydrogen-bond donors (Lipinski definition) is 4. The number of likely N-dealkylation sites (tertiary alicyclic amines) is 1. The molecule has 33 heavy (non-hydrogen) atoms. The van der Waals surface area contributed by atoms with Gasteiger partial charge in [-0.15, -0.1) is 12.8 Å². The topological polar surface area (TPSA) is 119 Å². The van der Waals surface area contributed by atoms with E-state index in [4.69, 9.17) is 5.11 Å². The first kappa shape index (κ1) is 24.1. The van der Waals surface area contributed by atoms with Crippen LogP contribution in [0.25, 0.3) is 22.2 Å². The van der Waals surface area contributed by atoms with Crippen molar-refractivity contribution in [1.82, 2.24) is 34.8 Å². The van der Waals surface area contributed by atoms with Crippen LogP contribution in [0.1, 0.15) is 38.1 Å². The highest BCUT2D eigenvalue weighted by Gasteiger charge is 2.14. The average molecular weight is 453 g/mol. The third-order valence-corrected chi connectivity index (χ3v) is 5.31. The molecule has 1 saturated heterocycles. The van der Waals surface area contributed by atoms with Crippen molar-refractivity contribution in [3.8, 4) is 12.8 Å². The van der Waals surface area contributed by atoms with Crippen molar-refractivity contribution < 1.29 is 9.50 Å². The van der Waals surface area contributed by atoms with Gasteiger partial charge in [0.05, 0.1) is 30.0 Å². The van der Waals surface area contributed by atoms with E-state index < -0.39 is 0 Å². The van der Waals surface area contributed by atoms with Crippen LogP contribution in [0.3, 0.4) is 0 Å². The number of hydrogen-bond acceptors (Lipinski definition) is 7. The molecule has 0 amide bonds. The third kappa shape index (κ3) is 6.25. The zero-order valence-electron chi connectivity index (χ0n) is 18.6. The molecule has 0 radical (unpaired) electrons. The summed E-state index contributed by atoms with van der Waals surface area (Å²) in [7, 11) is 0. The molecule has 4 aromatic rings. The van der Waals surface area contributed by atoms with Gasteiger partial charge in [-0.25, -0.2) is 24.3 Å². The molecule has 5 rings (SSSR count). The fourth-order valence-electron chi connectivity index (χ4n) is 3.68. The number of aliphatic hydroxyl groups excluding tert-OH is 1. The molecule has 0 aliphatic carbocycles. The second-order valence-electron chi connectivity index (χ2n) is 7.60. The summed E-state index contributed by atoms with van der Waals surface area (Å²) in [6.45, 7) is 5.53. The van der Waals surface area contributed by atoms with Crippen molar-refractivity contribution in [2.45, 2.75) is 32.2 Å². The summed E-state index contributed by atoms with van der Waals surface area (Å²) in [5, 5.41) is 11.8. The SMILES string of the molecule is C#C.C[C@@H](Nc1ncnc2nc[nH]c12)c1nc2ccc(F)cc2[nH]1.OCCN1CCCCC1. The molecule has 4 N–H and O–H groups in total. The van der Waals surface area contributed by atoms with Gasteiger partial charge in [-0.3, -0.25) is 0 Å². The van der Waals surface area contributed by atoms with Crippen LogP contribution in [0, 0.1) is 18.7 Å². The maximum atomic E-state index is 13.2. The van der Waals surface area contributed by atoms with Gasteiger partial charge in [0.25, 0.3) is 0 Å². The standard InChI is InChI=1S/C14H12FN7.C7H15NO.C2H2/c1-7(12-21-9-3-2-8(15)4-10(9)22-12)20-14-11-13(17-5-16-11)18-6-19-14;9-7-6-8-4-2-1-3-5-8;1-2/h2-7H,1H3,(H,21,22)(H2,16,17,18,19,20);9H,1-7H2;1-2H/t7-;;/m1../s1. The maximum Gasteiger partial charge on any atom is 0.182 e. The molecule has 0 unspecified atom stereocenters. The monoisotopic (exact) mass is 452 g/mol. The Labute approximate surface area is 191 Å². The Kier molecular flexibility index (Phi) is 8.69. The van der Waals surface area contributed by atoms with Crippen LogP contribution in [0.4, 0.5) is 10.2 Å². The van der Waals surface area contributed by atoms with E-state index in [1.165, 1.54) is 50.8 Å². The van der Waals surface area contributed by atoms with E-state index in [1.54, 1.807) is 12.4 Å². The summed E-state index contributed by atoms with van der Waals surface area (Å²) in [5.41, 5.74) is 2.71. The zero-order chi connectivity index (χ0) is 23.6. The lowest BCUT2D eigenvalue weighted by atomic mass is 10.1. The number of nitrogens with one attached hydrogen (secondary N) is 3. The minimum Gasteiger partial charge on any atom is -0.395 e. The summed E-state index contributed by atoms with van der Waals surface area (Å²) < 4.78 is 13.2. The lowest BCUT2D eigenvalue weighted by Gasteiger charge is -2.25. The second kappa shape index (κ2) is 11.9. The highest BCUT2D eigenvalue weighted by Crippen LogP contribution is 2.22.